The molecule has 2 heterocycles. The molecule has 0 saturated carbocycles. The lowest BCUT2D eigenvalue weighted by molar-refractivity contribution is 0.0473. The Morgan fingerprint density at radius 2 is 1.84 bits per heavy atom. The second-order valence-electron chi connectivity index (χ2n) is 7.81. The van der Waals surface area contributed by atoms with Crippen molar-refractivity contribution in [2.24, 2.45) is 0 Å². The predicted octanol–water partition coefficient (Wildman–Crippen LogP) is 4.20. The van der Waals surface area contributed by atoms with Gasteiger partial charge in [-0.15, -0.1) is 0 Å². The predicted molar refractivity (Wildman–Crippen MR) is 121 cm³/mol. The minimum atomic E-state index is -3.80. The molecule has 9 heteroatoms. The summed E-state index contributed by atoms with van der Waals surface area (Å²) in [6.07, 6.45) is 1.58. The molecule has 32 heavy (non-hydrogen) atoms. The van der Waals surface area contributed by atoms with E-state index in [9.17, 15) is 18.0 Å². The van der Waals surface area contributed by atoms with Crippen molar-refractivity contribution in [3.05, 3.63) is 74.1 Å². The molecule has 168 valence electrons. The average Bonchev–Trinajstić information content (AvgIpc) is 3.31. The zero-order chi connectivity index (χ0) is 23.0. The van der Waals surface area contributed by atoms with Crippen LogP contribution in [-0.4, -0.2) is 31.8 Å². The van der Waals surface area contributed by atoms with Gasteiger partial charge in [-0.2, -0.15) is 4.31 Å². The fourth-order valence-corrected chi connectivity index (χ4v) is 5.78. The third-order valence-electron chi connectivity index (χ3n) is 5.73. The number of hydrogen-bond donors (Lipinski definition) is 0. The maximum atomic E-state index is 12.9. The van der Waals surface area contributed by atoms with E-state index in [1.54, 1.807) is 0 Å². The van der Waals surface area contributed by atoms with Gasteiger partial charge < -0.3 is 9.15 Å². The fourth-order valence-electron chi connectivity index (χ4n) is 3.77. The number of halogens is 1. The quantitative estimate of drug-likeness (QED) is 0.405. The van der Waals surface area contributed by atoms with Gasteiger partial charge in [0.25, 0.3) is 0 Å². The lowest BCUT2D eigenvalue weighted by atomic mass is 10.0. The van der Waals surface area contributed by atoms with E-state index in [0.29, 0.717) is 29.6 Å². The van der Waals surface area contributed by atoms with Crippen LogP contribution in [0.5, 0.6) is 0 Å². The van der Waals surface area contributed by atoms with Crippen LogP contribution in [0.25, 0.3) is 11.0 Å². The van der Waals surface area contributed by atoms with Crippen molar-refractivity contribution in [2.45, 2.75) is 38.2 Å². The second kappa shape index (κ2) is 8.69. The van der Waals surface area contributed by atoms with Crippen molar-refractivity contribution in [3.63, 3.8) is 0 Å². The first-order valence-electron chi connectivity index (χ1n) is 10.2. The van der Waals surface area contributed by atoms with Gasteiger partial charge >= 0.3 is 11.6 Å². The number of aryl methyl sites for hydroxylation is 2. The summed E-state index contributed by atoms with van der Waals surface area (Å²) in [5, 5.41) is 0.722. The van der Waals surface area contributed by atoms with Crippen molar-refractivity contribution < 1.29 is 22.4 Å². The van der Waals surface area contributed by atoms with Gasteiger partial charge in [-0.1, -0.05) is 23.7 Å². The maximum absolute atomic E-state index is 12.9. The van der Waals surface area contributed by atoms with Crippen molar-refractivity contribution >= 4 is 38.6 Å². The lowest BCUT2D eigenvalue weighted by Crippen LogP contribution is -2.28. The lowest BCUT2D eigenvalue weighted by Gasteiger charge is -2.17. The highest BCUT2D eigenvalue weighted by Crippen LogP contribution is 2.29. The molecule has 0 atom stereocenters. The van der Waals surface area contributed by atoms with Crippen LogP contribution in [-0.2, 0) is 21.4 Å². The summed E-state index contributed by atoms with van der Waals surface area (Å²) in [5.74, 6) is -0.718. The van der Waals surface area contributed by atoms with Crippen LogP contribution < -0.4 is 5.63 Å². The highest BCUT2D eigenvalue weighted by Gasteiger charge is 2.30. The van der Waals surface area contributed by atoms with Crippen LogP contribution in [0.15, 0.2) is 50.5 Å². The molecule has 1 aliphatic rings. The van der Waals surface area contributed by atoms with Gasteiger partial charge in [0.2, 0.25) is 10.0 Å². The summed E-state index contributed by atoms with van der Waals surface area (Å²) in [6, 6.07) is 9.03. The molecule has 0 spiro atoms. The summed E-state index contributed by atoms with van der Waals surface area (Å²) < 4.78 is 37.9. The van der Waals surface area contributed by atoms with E-state index in [1.807, 2.05) is 26.0 Å². The third kappa shape index (κ3) is 4.18. The number of carbonyl (C=O) groups is 1. The fraction of sp³-hybridized carbons (Fsp3) is 0.304. The number of benzene rings is 2. The van der Waals surface area contributed by atoms with Gasteiger partial charge in [-0.05, 0) is 56.0 Å². The monoisotopic (exact) mass is 475 g/mol. The molecule has 0 amide bonds. The highest BCUT2D eigenvalue weighted by molar-refractivity contribution is 7.89. The summed E-state index contributed by atoms with van der Waals surface area (Å²) in [5.41, 5.74) is 2.29. The summed E-state index contributed by atoms with van der Waals surface area (Å²) in [7, 11) is -3.80. The molecule has 0 N–H and O–H groups in total. The Balaban J connectivity index is 1.61. The first kappa shape index (κ1) is 22.5. The van der Waals surface area contributed by atoms with E-state index in [0.717, 1.165) is 24.0 Å². The van der Waals surface area contributed by atoms with Crippen molar-refractivity contribution in [2.75, 3.05) is 13.1 Å². The number of nitrogens with zero attached hydrogens (tertiary/aromatic N) is 1. The van der Waals surface area contributed by atoms with Crippen LogP contribution >= 0.6 is 11.6 Å². The number of fused-ring (bicyclic) bond motifs is 1. The van der Waals surface area contributed by atoms with E-state index < -0.39 is 21.6 Å². The molecule has 4 rings (SSSR count). The number of rotatable bonds is 5. The van der Waals surface area contributed by atoms with Crippen LogP contribution in [0.2, 0.25) is 5.02 Å². The second-order valence-corrected chi connectivity index (χ2v) is 10.1. The van der Waals surface area contributed by atoms with Gasteiger partial charge in [-0.25, -0.2) is 18.0 Å². The number of hydrogen-bond acceptors (Lipinski definition) is 6. The van der Waals surface area contributed by atoms with Crippen LogP contribution in [0.3, 0.4) is 0 Å². The number of ether oxygens (including phenoxy) is 1. The Morgan fingerprint density at radius 1 is 1.12 bits per heavy atom. The number of carbonyl (C=O) groups excluding carboxylic acids is 1. The molecule has 1 aromatic heterocycles. The zero-order valence-electron chi connectivity index (χ0n) is 17.7. The molecule has 1 saturated heterocycles. The number of esters is 1. The number of sulfonamides is 1. The van der Waals surface area contributed by atoms with E-state index in [1.165, 1.54) is 28.6 Å². The molecule has 0 unspecified atom stereocenters. The topological polar surface area (TPSA) is 93.9 Å². The Morgan fingerprint density at radius 3 is 2.56 bits per heavy atom. The van der Waals surface area contributed by atoms with Gasteiger partial charge in [0.15, 0.2) is 0 Å². The van der Waals surface area contributed by atoms with E-state index in [4.69, 9.17) is 20.8 Å². The Hall–Kier alpha value is -2.68. The van der Waals surface area contributed by atoms with Crippen molar-refractivity contribution in [3.8, 4) is 0 Å². The summed E-state index contributed by atoms with van der Waals surface area (Å²) in [4.78, 5) is 24.6. The SMILES string of the molecule is Cc1ccc2c(COC(=O)c3ccc(Cl)c(S(=O)(=O)N4CCCC4)c3)cc(=O)oc2c1C. The van der Waals surface area contributed by atoms with Crippen LogP contribution in [0, 0.1) is 13.8 Å². The maximum Gasteiger partial charge on any atom is 0.338 e. The average molecular weight is 476 g/mol. The first-order valence-corrected chi connectivity index (χ1v) is 12.0. The van der Waals surface area contributed by atoms with Gasteiger partial charge in [-0.3, -0.25) is 0 Å². The van der Waals surface area contributed by atoms with Crippen molar-refractivity contribution in [1.29, 1.82) is 0 Å². The Bertz CT molecular complexity index is 1370. The molecule has 1 fully saturated rings. The molecule has 1 aliphatic heterocycles. The molecular formula is C23H22ClNO6S. The van der Waals surface area contributed by atoms with Gasteiger partial charge in [0.1, 0.15) is 17.1 Å². The molecular weight excluding hydrogens is 454 g/mol. The van der Waals surface area contributed by atoms with Crippen molar-refractivity contribution in [1.82, 2.24) is 4.31 Å². The van der Waals surface area contributed by atoms with Gasteiger partial charge in [0, 0.05) is 30.1 Å². The highest BCUT2D eigenvalue weighted by atomic mass is 35.5. The molecule has 3 aromatic rings. The molecule has 7 nitrogen and oxygen atoms in total. The van der Waals surface area contributed by atoms with Crippen LogP contribution in [0.4, 0.5) is 0 Å². The molecule has 0 bridgehead atoms. The van der Waals surface area contributed by atoms with Gasteiger partial charge in [0.05, 0.1) is 10.6 Å². The van der Waals surface area contributed by atoms with E-state index >= 15 is 0 Å². The Labute approximate surface area is 190 Å². The Kier molecular flexibility index (Phi) is 6.11. The standard InChI is InChI=1S/C23H22ClNO6S/c1-14-5-7-18-17(12-21(26)31-22(18)15(14)2)13-30-23(27)16-6-8-19(24)20(11-16)32(28,29)25-9-3-4-10-25/h5-8,11-12H,3-4,9-10,13H2,1-2H3. The van der Waals surface area contributed by atoms with Crippen LogP contribution in [0.1, 0.15) is 39.9 Å². The minimum Gasteiger partial charge on any atom is -0.457 e. The molecule has 0 aliphatic carbocycles. The normalized spacial score (nSPS) is 14.7. The first-order chi connectivity index (χ1) is 15.2. The van der Waals surface area contributed by atoms with E-state index in [-0.39, 0.29) is 22.1 Å². The smallest absolute Gasteiger partial charge is 0.338 e. The molecule has 0 radical (unpaired) electrons. The van der Waals surface area contributed by atoms with E-state index in [2.05, 4.69) is 0 Å². The molecule has 2 aromatic carbocycles. The zero-order valence-corrected chi connectivity index (χ0v) is 19.3. The third-order valence-corrected chi connectivity index (χ3v) is 8.11. The minimum absolute atomic E-state index is 0.0472. The summed E-state index contributed by atoms with van der Waals surface area (Å²) in [6.45, 7) is 4.45. The largest absolute Gasteiger partial charge is 0.457 e. The summed E-state index contributed by atoms with van der Waals surface area (Å²) >= 11 is 6.14.